The molecule has 0 unspecified atom stereocenters. The van der Waals surface area contributed by atoms with Gasteiger partial charge in [-0.1, -0.05) is 0 Å². The van der Waals surface area contributed by atoms with Gasteiger partial charge < -0.3 is 14.7 Å². The molecule has 1 fully saturated rings. The molecular formula is C14H15F2NO4. The highest BCUT2D eigenvalue weighted by Gasteiger charge is 2.28. The van der Waals surface area contributed by atoms with Gasteiger partial charge in [-0.25, -0.2) is 0 Å². The van der Waals surface area contributed by atoms with Crippen molar-refractivity contribution in [1.29, 1.82) is 0 Å². The van der Waals surface area contributed by atoms with Gasteiger partial charge in [0.15, 0.2) is 0 Å². The van der Waals surface area contributed by atoms with Crippen LogP contribution in [-0.4, -0.2) is 41.6 Å². The SMILES string of the molecule is O=C(O)[C@@H]1CCCN(C(=O)c2ccc(OC(F)F)cc2)C1. The van der Waals surface area contributed by atoms with Gasteiger partial charge >= 0.3 is 12.6 Å². The first-order chi connectivity index (χ1) is 9.97. The minimum Gasteiger partial charge on any atom is -0.481 e. The molecule has 1 aromatic carbocycles. The van der Waals surface area contributed by atoms with Crippen LogP contribution in [-0.2, 0) is 4.79 Å². The lowest BCUT2D eigenvalue weighted by molar-refractivity contribution is -0.143. The van der Waals surface area contributed by atoms with Crippen LogP contribution in [0, 0.1) is 5.92 Å². The number of carboxylic acids is 1. The molecule has 0 saturated carbocycles. The maximum Gasteiger partial charge on any atom is 0.387 e. The lowest BCUT2D eigenvalue weighted by Crippen LogP contribution is -2.42. The first-order valence-corrected chi connectivity index (χ1v) is 6.54. The average Bonchev–Trinajstić information content (AvgIpc) is 2.47. The molecule has 0 radical (unpaired) electrons. The predicted octanol–water partition coefficient (Wildman–Crippen LogP) is 2.22. The smallest absolute Gasteiger partial charge is 0.387 e. The zero-order valence-electron chi connectivity index (χ0n) is 11.2. The van der Waals surface area contributed by atoms with Crippen LogP contribution < -0.4 is 4.74 Å². The summed E-state index contributed by atoms with van der Waals surface area (Å²) in [6.45, 7) is -2.24. The van der Waals surface area contributed by atoms with Crippen LogP contribution in [0.4, 0.5) is 8.78 Å². The van der Waals surface area contributed by atoms with Crippen LogP contribution in [0.3, 0.4) is 0 Å². The molecule has 1 heterocycles. The number of carboxylic acid groups (broad SMARTS) is 1. The van der Waals surface area contributed by atoms with Crippen molar-refractivity contribution in [3.8, 4) is 5.75 Å². The number of halogens is 2. The molecule has 1 aromatic rings. The van der Waals surface area contributed by atoms with Crippen LogP contribution in [0.1, 0.15) is 23.2 Å². The Morgan fingerprint density at radius 1 is 1.29 bits per heavy atom. The Morgan fingerprint density at radius 2 is 1.95 bits per heavy atom. The van der Waals surface area contributed by atoms with Gasteiger partial charge in [-0.3, -0.25) is 9.59 Å². The molecule has 2 rings (SSSR count). The Balaban J connectivity index is 2.03. The Bertz CT molecular complexity index is 518. The number of alkyl halides is 2. The van der Waals surface area contributed by atoms with E-state index < -0.39 is 18.5 Å². The normalized spacial score (nSPS) is 18.6. The maximum absolute atomic E-state index is 12.2. The molecule has 5 nitrogen and oxygen atoms in total. The van der Waals surface area contributed by atoms with E-state index in [0.29, 0.717) is 24.9 Å². The molecule has 1 amide bonds. The van der Waals surface area contributed by atoms with Crippen LogP contribution in [0.2, 0.25) is 0 Å². The van der Waals surface area contributed by atoms with E-state index in [1.165, 1.54) is 29.2 Å². The number of nitrogens with zero attached hydrogens (tertiary/aromatic N) is 1. The largest absolute Gasteiger partial charge is 0.481 e. The van der Waals surface area contributed by atoms with Gasteiger partial charge in [0.25, 0.3) is 5.91 Å². The quantitative estimate of drug-likeness (QED) is 0.925. The number of likely N-dealkylation sites (tertiary alicyclic amines) is 1. The van der Waals surface area contributed by atoms with E-state index in [1.54, 1.807) is 0 Å². The van der Waals surface area contributed by atoms with Crippen LogP contribution in [0.5, 0.6) is 5.75 Å². The molecule has 0 aromatic heterocycles. The Morgan fingerprint density at radius 3 is 2.52 bits per heavy atom. The second kappa shape index (κ2) is 6.51. The first-order valence-electron chi connectivity index (χ1n) is 6.54. The highest BCUT2D eigenvalue weighted by Crippen LogP contribution is 2.20. The number of ether oxygens (including phenoxy) is 1. The summed E-state index contributed by atoms with van der Waals surface area (Å²) >= 11 is 0. The van der Waals surface area contributed by atoms with Crippen molar-refractivity contribution in [3.63, 3.8) is 0 Å². The Labute approximate surface area is 120 Å². The van der Waals surface area contributed by atoms with Gasteiger partial charge in [0, 0.05) is 18.7 Å². The number of hydrogen-bond donors (Lipinski definition) is 1. The summed E-state index contributed by atoms with van der Waals surface area (Å²) in [7, 11) is 0. The van der Waals surface area contributed by atoms with Gasteiger partial charge in [-0.15, -0.1) is 0 Å². The van der Waals surface area contributed by atoms with Gasteiger partial charge in [0.05, 0.1) is 5.92 Å². The predicted molar refractivity (Wildman–Crippen MR) is 69.3 cm³/mol. The topological polar surface area (TPSA) is 66.8 Å². The van der Waals surface area contributed by atoms with Crippen LogP contribution in [0.15, 0.2) is 24.3 Å². The highest BCUT2D eigenvalue weighted by molar-refractivity contribution is 5.94. The molecule has 21 heavy (non-hydrogen) atoms. The minimum absolute atomic E-state index is 0.0244. The number of benzene rings is 1. The van der Waals surface area contributed by atoms with Gasteiger partial charge in [0.2, 0.25) is 0 Å². The molecule has 0 aliphatic carbocycles. The summed E-state index contributed by atoms with van der Waals surface area (Å²) in [5.74, 6) is -1.79. The van der Waals surface area contributed by atoms with Gasteiger partial charge in [-0.2, -0.15) is 8.78 Å². The fourth-order valence-corrected chi connectivity index (χ4v) is 2.32. The Hall–Kier alpha value is -2.18. The van der Waals surface area contributed by atoms with Crippen molar-refractivity contribution >= 4 is 11.9 Å². The monoisotopic (exact) mass is 299 g/mol. The summed E-state index contributed by atoms with van der Waals surface area (Å²) in [6.07, 6.45) is 1.19. The number of piperidine rings is 1. The van der Waals surface area contributed by atoms with Gasteiger partial charge in [-0.05, 0) is 37.1 Å². The van der Waals surface area contributed by atoms with E-state index in [1.807, 2.05) is 0 Å². The van der Waals surface area contributed by atoms with Crippen molar-refractivity contribution in [2.45, 2.75) is 19.5 Å². The van der Waals surface area contributed by atoms with Crippen molar-refractivity contribution in [3.05, 3.63) is 29.8 Å². The Kier molecular flexibility index (Phi) is 4.72. The zero-order chi connectivity index (χ0) is 15.4. The number of carbonyl (C=O) groups excluding carboxylic acids is 1. The summed E-state index contributed by atoms with van der Waals surface area (Å²) in [6, 6.07) is 5.37. The number of amides is 1. The fourth-order valence-electron chi connectivity index (χ4n) is 2.32. The minimum atomic E-state index is -2.91. The van der Waals surface area contributed by atoms with Crippen LogP contribution in [0.25, 0.3) is 0 Å². The number of hydrogen-bond acceptors (Lipinski definition) is 3. The molecular weight excluding hydrogens is 284 g/mol. The molecule has 114 valence electrons. The number of aliphatic carboxylic acids is 1. The van der Waals surface area contributed by atoms with Crippen molar-refractivity contribution in [1.82, 2.24) is 4.90 Å². The third-order valence-corrected chi connectivity index (χ3v) is 3.38. The summed E-state index contributed by atoms with van der Waals surface area (Å²) in [5.41, 5.74) is 0.322. The van der Waals surface area contributed by atoms with E-state index in [4.69, 9.17) is 5.11 Å². The summed E-state index contributed by atoms with van der Waals surface area (Å²) in [4.78, 5) is 24.7. The third kappa shape index (κ3) is 3.90. The molecule has 0 spiro atoms. The van der Waals surface area contributed by atoms with E-state index in [2.05, 4.69) is 4.74 Å². The highest BCUT2D eigenvalue weighted by atomic mass is 19.3. The standard InChI is InChI=1S/C14H15F2NO4/c15-14(16)21-11-5-3-9(4-6-11)12(18)17-7-1-2-10(8-17)13(19)20/h3-6,10,14H,1-2,7-8H2,(H,19,20)/t10-/m1/s1. The van der Waals surface area contributed by atoms with E-state index in [-0.39, 0.29) is 18.2 Å². The summed E-state index contributed by atoms with van der Waals surface area (Å²) < 4.78 is 28.3. The van der Waals surface area contributed by atoms with E-state index >= 15 is 0 Å². The molecule has 1 atom stereocenters. The molecule has 1 N–H and O–H groups in total. The van der Waals surface area contributed by atoms with Gasteiger partial charge in [0.1, 0.15) is 5.75 Å². The first kappa shape index (κ1) is 15.2. The number of rotatable bonds is 4. The second-order valence-corrected chi connectivity index (χ2v) is 4.83. The lowest BCUT2D eigenvalue weighted by Gasteiger charge is -2.30. The molecule has 1 aliphatic rings. The molecule has 1 aliphatic heterocycles. The molecule has 7 heteroatoms. The van der Waals surface area contributed by atoms with E-state index in [9.17, 15) is 18.4 Å². The average molecular weight is 299 g/mol. The maximum atomic E-state index is 12.2. The lowest BCUT2D eigenvalue weighted by atomic mass is 9.97. The van der Waals surface area contributed by atoms with Crippen molar-refractivity contribution in [2.24, 2.45) is 5.92 Å². The second-order valence-electron chi connectivity index (χ2n) is 4.83. The van der Waals surface area contributed by atoms with Crippen molar-refractivity contribution in [2.75, 3.05) is 13.1 Å². The van der Waals surface area contributed by atoms with Crippen LogP contribution >= 0.6 is 0 Å². The van der Waals surface area contributed by atoms with Crippen molar-refractivity contribution < 1.29 is 28.2 Å². The molecule has 0 bridgehead atoms. The molecule has 1 saturated heterocycles. The fraction of sp³-hybridized carbons (Fsp3) is 0.429. The number of carbonyl (C=O) groups is 2. The third-order valence-electron chi connectivity index (χ3n) is 3.38. The summed E-state index contributed by atoms with van der Waals surface area (Å²) in [5, 5.41) is 9.00. The zero-order valence-corrected chi connectivity index (χ0v) is 11.2. The van der Waals surface area contributed by atoms with E-state index in [0.717, 1.165) is 0 Å².